The van der Waals surface area contributed by atoms with Gasteiger partial charge in [-0.15, -0.1) is 0 Å². The molecular formula is C17H17ClFN3O3. The van der Waals surface area contributed by atoms with Crippen molar-refractivity contribution >= 4 is 23.2 Å². The van der Waals surface area contributed by atoms with Crippen LogP contribution in [-0.2, 0) is 0 Å². The molecule has 1 N–H and O–H groups in total. The summed E-state index contributed by atoms with van der Waals surface area (Å²) in [5.74, 6) is -0.808. The Morgan fingerprint density at radius 3 is 2.60 bits per heavy atom. The van der Waals surface area contributed by atoms with Gasteiger partial charge >= 0.3 is 0 Å². The monoisotopic (exact) mass is 365 g/mol. The standard InChI is InChI=1S/C17H17ClFN3O3/c1-21(2)16(11-4-3-5-12(19)8-11)10-20-17(23)14-7-6-13(22(24)25)9-15(14)18/h3-9,16H,10H2,1-2H3,(H,20,23). The van der Waals surface area contributed by atoms with E-state index < -0.39 is 10.8 Å². The van der Waals surface area contributed by atoms with Crippen LogP contribution in [0.3, 0.4) is 0 Å². The largest absolute Gasteiger partial charge is 0.350 e. The first-order valence-corrected chi connectivity index (χ1v) is 7.81. The van der Waals surface area contributed by atoms with E-state index in [1.54, 1.807) is 12.1 Å². The van der Waals surface area contributed by atoms with Crippen LogP contribution in [0, 0.1) is 15.9 Å². The van der Waals surface area contributed by atoms with Crippen LogP contribution in [0.5, 0.6) is 0 Å². The van der Waals surface area contributed by atoms with Crippen LogP contribution in [0.4, 0.5) is 10.1 Å². The highest BCUT2D eigenvalue weighted by atomic mass is 35.5. The summed E-state index contributed by atoms with van der Waals surface area (Å²) in [6.07, 6.45) is 0. The summed E-state index contributed by atoms with van der Waals surface area (Å²) in [5, 5.41) is 13.4. The molecule has 0 aliphatic heterocycles. The molecule has 0 radical (unpaired) electrons. The number of rotatable bonds is 6. The summed E-state index contributed by atoms with van der Waals surface area (Å²) in [6, 6.07) is 9.57. The second kappa shape index (κ2) is 8.04. The van der Waals surface area contributed by atoms with Crippen molar-refractivity contribution in [1.29, 1.82) is 0 Å². The van der Waals surface area contributed by atoms with Crippen LogP contribution in [0.2, 0.25) is 5.02 Å². The van der Waals surface area contributed by atoms with E-state index >= 15 is 0 Å². The van der Waals surface area contributed by atoms with Gasteiger partial charge in [-0.25, -0.2) is 4.39 Å². The van der Waals surface area contributed by atoms with Crippen LogP contribution in [0.15, 0.2) is 42.5 Å². The Morgan fingerprint density at radius 2 is 2.04 bits per heavy atom. The zero-order chi connectivity index (χ0) is 18.6. The number of amides is 1. The van der Waals surface area contributed by atoms with E-state index in [-0.39, 0.29) is 34.7 Å². The van der Waals surface area contributed by atoms with Gasteiger partial charge in [-0.1, -0.05) is 23.7 Å². The van der Waals surface area contributed by atoms with E-state index in [1.807, 2.05) is 19.0 Å². The molecule has 0 aliphatic rings. The number of carbonyl (C=O) groups excluding carboxylic acids is 1. The molecule has 0 spiro atoms. The molecule has 8 heteroatoms. The number of nitrogens with zero attached hydrogens (tertiary/aromatic N) is 2. The molecule has 0 saturated heterocycles. The van der Waals surface area contributed by atoms with Crippen LogP contribution in [0.1, 0.15) is 22.0 Å². The molecule has 2 aromatic rings. The van der Waals surface area contributed by atoms with Gasteiger partial charge in [-0.3, -0.25) is 14.9 Å². The Balaban J connectivity index is 2.13. The highest BCUT2D eigenvalue weighted by Crippen LogP contribution is 2.23. The fraction of sp³-hybridized carbons (Fsp3) is 0.235. The molecule has 0 aliphatic carbocycles. The van der Waals surface area contributed by atoms with Crippen LogP contribution >= 0.6 is 11.6 Å². The number of likely N-dealkylation sites (N-methyl/N-ethyl adjacent to an activating group) is 1. The Bertz CT molecular complexity index is 798. The molecular weight excluding hydrogens is 349 g/mol. The van der Waals surface area contributed by atoms with Crippen molar-refractivity contribution in [2.45, 2.75) is 6.04 Å². The number of nitro benzene ring substituents is 1. The minimum absolute atomic E-state index is 0.00106. The second-order valence-corrected chi connectivity index (χ2v) is 6.07. The number of non-ortho nitro benzene ring substituents is 1. The third-order valence-electron chi connectivity index (χ3n) is 3.72. The molecule has 0 fully saturated rings. The van der Waals surface area contributed by atoms with E-state index in [9.17, 15) is 19.3 Å². The Kier molecular flexibility index (Phi) is 6.06. The van der Waals surface area contributed by atoms with Crippen molar-refractivity contribution in [1.82, 2.24) is 10.2 Å². The highest BCUT2D eigenvalue weighted by Gasteiger charge is 2.19. The van der Waals surface area contributed by atoms with Gasteiger partial charge in [0.2, 0.25) is 0 Å². The highest BCUT2D eigenvalue weighted by molar-refractivity contribution is 6.34. The predicted molar refractivity (Wildman–Crippen MR) is 93.3 cm³/mol. The number of carbonyl (C=O) groups is 1. The van der Waals surface area contributed by atoms with Crippen LogP contribution in [-0.4, -0.2) is 36.4 Å². The van der Waals surface area contributed by atoms with E-state index in [0.29, 0.717) is 0 Å². The normalized spacial score (nSPS) is 12.0. The van der Waals surface area contributed by atoms with Crippen LogP contribution in [0.25, 0.3) is 0 Å². The van der Waals surface area contributed by atoms with Crippen molar-refractivity contribution in [2.75, 3.05) is 20.6 Å². The number of nitrogens with one attached hydrogen (secondary N) is 1. The molecule has 0 bridgehead atoms. The van der Waals surface area contributed by atoms with Gasteiger partial charge in [0.25, 0.3) is 11.6 Å². The number of halogens is 2. The van der Waals surface area contributed by atoms with Crippen LogP contribution < -0.4 is 5.32 Å². The first-order chi connectivity index (χ1) is 11.8. The Morgan fingerprint density at radius 1 is 1.32 bits per heavy atom. The number of benzene rings is 2. The average Bonchev–Trinajstić information content (AvgIpc) is 2.54. The van der Waals surface area contributed by atoms with Crippen molar-refractivity contribution in [3.05, 3.63) is 74.5 Å². The lowest BCUT2D eigenvalue weighted by atomic mass is 10.1. The lowest BCUT2D eigenvalue weighted by molar-refractivity contribution is -0.384. The van der Waals surface area contributed by atoms with Crippen molar-refractivity contribution in [3.8, 4) is 0 Å². The summed E-state index contributed by atoms with van der Waals surface area (Å²) in [7, 11) is 3.64. The second-order valence-electron chi connectivity index (χ2n) is 5.67. The zero-order valence-corrected chi connectivity index (χ0v) is 14.5. The van der Waals surface area contributed by atoms with Crippen molar-refractivity contribution in [2.24, 2.45) is 0 Å². The third kappa shape index (κ3) is 4.74. The molecule has 0 aromatic heterocycles. The molecule has 0 saturated carbocycles. The maximum absolute atomic E-state index is 13.4. The van der Waals surface area contributed by atoms with Gasteiger partial charge in [0, 0.05) is 18.7 Å². The number of hydrogen-bond acceptors (Lipinski definition) is 4. The van der Waals surface area contributed by atoms with E-state index in [0.717, 1.165) is 11.6 Å². The summed E-state index contributed by atoms with van der Waals surface area (Å²) < 4.78 is 13.4. The zero-order valence-electron chi connectivity index (χ0n) is 13.7. The molecule has 2 aromatic carbocycles. The maximum Gasteiger partial charge on any atom is 0.270 e. The SMILES string of the molecule is CN(C)C(CNC(=O)c1ccc([N+](=O)[O-])cc1Cl)c1cccc(F)c1. The topological polar surface area (TPSA) is 75.5 Å². The third-order valence-corrected chi connectivity index (χ3v) is 4.03. The van der Waals surface area contributed by atoms with E-state index in [1.165, 1.54) is 24.3 Å². The number of hydrogen-bond donors (Lipinski definition) is 1. The molecule has 1 atom stereocenters. The summed E-state index contributed by atoms with van der Waals surface area (Å²) >= 11 is 5.96. The van der Waals surface area contributed by atoms with E-state index in [4.69, 9.17) is 11.6 Å². The molecule has 1 amide bonds. The lowest BCUT2D eigenvalue weighted by Crippen LogP contribution is -2.34. The minimum atomic E-state index is -0.584. The summed E-state index contributed by atoms with van der Waals surface area (Å²) in [6.45, 7) is 0.225. The number of nitro groups is 1. The molecule has 6 nitrogen and oxygen atoms in total. The van der Waals surface area contributed by atoms with Gasteiger partial charge in [0.1, 0.15) is 5.82 Å². The maximum atomic E-state index is 13.4. The molecule has 0 heterocycles. The lowest BCUT2D eigenvalue weighted by Gasteiger charge is -2.25. The fourth-order valence-corrected chi connectivity index (χ4v) is 2.66. The first-order valence-electron chi connectivity index (χ1n) is 7.43. The smallest absolute Gasteiger partial charge is 0.270 e. The quantitative estimate of drug-likeness (QED) is 0.628. The molecule has 25 heavy (non-hydrogen) atoms. The summed E-state index contributed by atoms with van der Waals surface area (Å²) in [5.41, 5.74) is 0.677. The van der Waals surface area contributed by atoms with Crippen molar-refractivity contribution in [3.63, 3.8) is 0 Å². The molecule has 132 valence electrons. The Hall–Kier alpha value is -2.51. The first kappa shape index (κ1) is 18.8. The van der Waals surface area contributed by atoms with Gasteiger partial charge < -0.3 is 10.2 Å². The molecule has 1 unspecified atom stereocenters. The summed E-state index contributed by atoms with van der Waals surface area (Å²) in [4.78, 5) is 24.3. The minimum Gasteiger partial charge on any atom is -0.350 e. The predicted octanol–water partition coefficient (Wildman–Crippen LogP) is 3.42. The Labute approximate surface area is 149 Å². The van der Waals surface area contributed by atoms with Gasteiger partial charge in [-0.05, 0) is 37.9 Å². The average molecular weight is 366 g/mol. The van der Waals surface area contributed by atoms with Gasteiger partial charge in [-0.2, -0.15) is 0 Å². The van der Waals surface area contributed by atoms with Gasteiger partial charge in [0.15, 0.2) is 0 Å². The fourth-order valence-electron chi connectivity index (χ4n) is 2.40. The van der Waals surface area contributed by atoms with Crippen molar-refractivity contribution < 1.29 is 14.1 Å². The van der Waals surface area contributed by atoms with Gasteiger partial charge in [0.05, 0.1) is 21.6 Å². The molecule has 2 rings (SSSR count). The van der Waals surface area contributed by atoms with E-state index in [2.05, 4.69) is 5.32 Å².